The van der Waals surface area contributed by atoms with E-state index in [0.29, 0.717) is 6.04 Å². The van der Waals surface area contributed by atoms with Gasteiger partial charge in [0.05, 0.1) is 5.69 Å². The van der Waals surface area contributed by atoms with Gasteiger partial charge in [-0.3, -0.25) is 9.88 Å². The predicted molar refractivity (Wildman–Crippen MR) is 75.9 cm³/mol. The van der Waals surface area contributed by atoms with Crippen molar-refractivity contribution in [1.82, 2.24) is 15.2 Å². The average molecular weight is 268 g/mol. The second-order valence-corrected chi connectivity index (χ2v) is 5.39. The fourth-order valence-electron chi connectivity index (χ4n) is 3.22. The molecule has 0 saturated carbocycles. The van der Waals surface area contributed by atoms with Gasteiger partial charge in [-0.1, -0.05) is 6.07 Å². The lowest BCUT2D eigenvalue weighted by Crippen LogP contribution is -2.41. The summed E-state index contributed by atoms with van der Waals surface area (Å²) in [4.78, 5) is 7.08. The third-order valence-electron chi connectivity index (χ3n) is 4.40. The highest BCUT2D eigenvalue weighted by atomic mass is 35.5. The van der Waals surface area contributed by atoms with E-state index in [4.69, 9.17) is 0 Å². The highest BCUT2D eigenvalue weighted by Crippen LogP contribution is 2.31. The summed E-state index contributed by atoms with van der Waals surface area (Å²) in [7, 11) is 0. The first kappa shape index (κ1) is 13.8. The number of halogens is 1. The summed E-state index contributed by atoms with van der Waals surface area (Å²) in [6.45, 7) is 7.17. The number of hydrogen-bond acceptors (Lipinski definition) is 3. The zero-order valence-corrected chi connectivity index (χ0v) is 11.7. The van der Waals surface area contributed by atoms with Crippen LogP contribution in [-0.4, -0.2) is 36.1 Å². The van der Waals surface area contributed by atoms with E-state index in [-0.39, 0.29) is 12.4 Å². The Morgan fingerprint density at radius 1 is 1.33 bits per heavy atom. The Labute approximate surface area is 115 Å². The van der Waals surface area contributed by atoms with Crippen LogP contribution in [-0.2, 0) is 0 Å². The number of hydrogen-bond donors (Lipinski definition) is 1. The molecule has 100 valence electrons. The summed E-state index contributed by atoms with van der Waals surface area (Å²) in [5, 5.41) is 3.52. The number of aromatic nitrogens is 1. The maximum atomic E-state index is 4.48. The molecule has 0 aromatic carbocycles. The van der Waals surface area contributed by atoms with Gasteiger partial charge in [-0.05, 0) is 56.9 Å². The van der Waals surface area contributed by atoms with Gasteiger partial charge < -0.3 is 5.32 Å². The van der Waals surface area contributed by atoms with Crippen LogP contribution in [0.2, 0.25) is 0 Å². The van der Waals surface area contributed by atoms with Crippen LogP contribution in [0.15, 0.2) is 24.4 Å². The van der Waals surface area contributed by atoms with Crippen molar-refractivity contribution in [1.29, 1.82) is 0 Å². The molecule has 2 aliphatic rings. The Hall–Kier alpha value is -0.640. The fraction of sp³-hybridized carbons (Fsp3) is 0.643. The van der Waals surface area contributed by atoms with Crippen molar-refractivity contribution in [2.45, 2.75) is 19.4 Å². The van der Waals surface area contributed by atoms with E-state index in [1.165, 1.54) is 38.3 Å². The smallest absolute Gasteiger partial charge is 0.0572 e. The number of nitrogens with one attached hydrogen (secondary N) is 1. The SMILES string of the molecule is CC(c1ccccn1)N1CCC2CNCC2C1.Cl. The summed E-state index contributed by atoms with van der Waals surface area (Å²) < 4.78 is 0. The van der Waals surface area contributed by atoms with E-state index in [2.05, 4.69) is 34.3 Å². The zero-order valence-electron chi connectivity index (χ0n) is 10.9. The molecular weight excluding hydrogens is 246 g/mol. The average Bonchev–Trinajstić information content (AvgIpc) is 2.86. The number of fused-ring (bicyclic) bond motifs is 1. The highest BCUT2D eigenvalue weighted by molar-refractivity contribution is 5.85. The normalized spacial score (nSPS) is 29.4. The van der Waals surface area contributed by atoms with Gasteiger partial charge in [0.25, 0.3) is 0 Å². The molecule has 4 heteroatoms. The van der Waals surface area contributed by atoms with E-state index in [1.807, 2.05) is 12.3 Å². The monoisotopic (exact) mass is 267 g/mol. The van der Waals surface area contributed by atoms with Crippen LogP contribution >= 0.6 is 12.4 Å². The highest BCUT2D eigenvalue weighted by Gasteiger charge is 2.34. The summed E-state index contributed by atoms with van der Waals surface area (Å²) in [5.41, 5.74) is 1.21. The van der Waals surface area contributed by atoms with Gasteiger partial charge in [0.2, 0.25) is 0 Å². The van der Waals surface area contributed by atoms with Crippen LogP contribution in [0.4, 0.5) is 0 Å². The lowest BCUT2D eigenvalue weighted by atomic mass is 9.88. The van der Waals surface area contributed by atoms with E-state index < -0.39 is 0 Å². The van der Waals surface area contributed by atoms with E-state index in [9.17, 15) is 0 Å². The first-order valence-corrected chi connectivity index (χ1v) is 6.70. The topological polar surface area (TPSA) is 28.2 Å². The van der Waals surface area contributed by atoms with Gasteiger partial charge in [-0.25, -0.2) is 0 Å². The molecule has 2 fully saturated rings. The maximum absolute atomic E-state index is 4.48. The van der Waals surface area contributed by atoms with E-state index in [0.717, 1.165) is 11.8 Å². The molecule has 0 bridgehead atoms. The maximum Gasteiger partial charge on any atom is 0.0572 e. The molecule has 3 rings (SSSR count). The van der Waals surface area contributed by atoms with Gasteiger partial charge in [0.15, 0.2) is 0 Å². The number of pyridine rings is 1. The van der Waals surface area contributed by atoms with Crippen molar-refractivity contribution in [2.24, 2.45) is 11.8 Å². The molecule has 2 saturated heterocycles. The van der Waals surface area contributed by atoms with Crippen LogP contribution in [0.1, 0.15) is 25.1 Å². The lowest BCUT2D eigenvalue weighted by molar-refractivity contribution is 0.109. The predicted octanol–water partition coefficient (Wildman–Crippen LogP) is 2.11. The van der Waals surface area contributed by atoms with Gasteiger partial charge >= 0.3 is 0 Å². The lowest BCUT2D eigenvalue weighted by Gasteiger charge is -2.38. The third-order valence-corrected chi connectivity index (χ3v) is 4.40. The largest absolute Gasteiger partial charge is 0.316 e. The van der Waals surface area contributed by atoms with Crippen LogP contribution in [0.3, 0.4) is 0 Å². The van der Waals surface area contributed by atoms with Crippen LogP contribution in [0, 0.1) is 11.8 Å². The van der Waals surface area contributed by atoms with Crippen LogP contribution < -0.4 is 5.32 Å². The van der Waals surface area contributed by atoms with Gasteiger partial charge in [-0.15, -0.1) is 12.4 Å². The molecule has 0 aliphatic carbocycles. The molecule has 0 amide bonds. The van der Waals surface area contributed by atoms with E-state index in [1.54, 1.807) is 0 Å². The van der Waals surface area contributed by atoms with Crippen molar-refractivity contribution in [2.75, 3.05) is 26.2 Å². The molecule has 3 atom stereocenters. The Balaban J connectivity index is 0.00000120. The van der Waals surface area contributed by atoms with Gasteiger partial charge in [-0.2, -0.15) is 0 Å². The quantitative estimate of drug-likeness (QED) is 0.890. The molecule has 1 aromatic heterocycles. The molecule has 3 heterocycles. The molecular formula is C14H22ClN3. The minimum Gasteiger partial charge on any atom is -0.316 e. The molecule has 1 N–H and O–H groups in total. The third kappa shape index (κ3) is 2.68. The second kappa shape index (κ2) is 6.00. The van der Waals surface area contributed by atoms with Crippen molar-refractivity contribution < 1.29 is 0 Å². The Morgan fingerprint density at radius 2 is 2.17 bits per heavy atom. The van der Waals surface area contributed by atoms with Crippen molar-refractivity contribution in [3.05, 3.63) is 30.1 Å². The first-order valence-electron chi connectivity index (χ1n) is 6.70. The minimum atomic E-state index is 0. The molecule has 2 aliphatic heterocycles. The first-order chi connectivity index (χ1) is 8.34. The summed E-state index contributed by atoms with van der Waals surface area (Å²) in [6, 6.07) is 6.67. The molecule has 0 spiro atoms. The number of nitrogens with zero attached hydrogens (tertiary/aromatic N) is 2. The summed E-state index contributed by atoms with van der Waals surface area (Å²) in [5.74, 6) is 1.78. The number of rotatable bonds is 2. The number of likely N-dealkylation sites (tertiary alicyclic amines) is 1. The summed E-state index contributed by atoms with van der Waals surface area (Å²) >= 11 is 0. The molecule has 0 radical (unpaired) electrons. The van der Waals surface area contributed by atoms with Crippen molar-refractivity contribution >= 4 is 12.4 Å². The zero-order chi connectivity index (χ0) is 11.7. The molecule has 3 nitrogen and oxygen atoms in total. The Morgan fingerprint density at radius 3 is 2.94 bits per heavy atom. The van der Waals surface area contributed by atoms with Gasteiger partial charge in [0, 0.05) is 18.8 Å². The van der Waals surface area contributed by atoms with E-state index >= 15 is 0 Å². The van der Waals surface area contributed by atoms with Crippen molar-refractivity contribution in [3.8, 4) is 0 Å². The molecule has 3 unspecified atom stereocenters. The minimum absolute atomic E-state index is 0. The second-order valence-electron chi connectivity index (χ2n) is 5.39. The standard InChI is InChI=1S/C14H21N3.ClH/c1-11(14-4-2-3-6-16-14)17-7-5-12-8-15-9-13(12)10-17;/h2-4,6,11-13,15H,5,7-10H2,1H3;1H. The van der Waals surface area contributed by atoms with Crippen LogP contribution in [0.5, 0.6) is 0 Å². The van der Waals surface area contributed by atoms with Gasteiger partial charge in [0.1, 0.15) is 0 Å². The van der Waals surface area contributed by atoms with Crippen LogP contribution in [0.25, 0.3) is 0 Å². The fourth-order valence-corrected chi connectivity index (χ4v) is 3.22. The Bertz CT molecular complexity index is 371. The Kier molecular flexibility index (Phi) is 4.60. The number of piperidine rings is 1. The molecule has 18 heavy (non-hydrogen) atoms. The summed E-state index contributed by atoms with van der Waals surface area (Å²) in [6.07, 6.45) is 3.24. The van der Waals surface area contributed by atoms with Crippen molar-refractivity contribution in [3.63, 3.8) is 0 Å². The molecule has 1 aromatic rings.